The second-order valence-corrected chi connectivity index (χ2v) is 8.36. The van der Waals surface area contributed by atoms with Crippen LogP contribution in [0.3, 0.4) is 0 Å². The number of anilines is 1. The molecule has 0 spiro atoms. The summed E-state index contributed by atoms with van der Waals surface area (Å²) in [5, 5.41) is 0.831. The molecule has 1 aromatic carbocycles. The number of carbonyl (C=O) groups excluding carboxylic acids is 1. The Hall–Kier alpha value is -3.45. The minimum atomic E-state index is -0.189. The number of nitrogens with zero attached hydrogens (tertiary/aromatic N) is 2. The van der Waals surface area contributed by atoms with Crippen molar-refractivity contribution in [2.75, 3.05) is 19.1 Å². The van der Waals surface area contributed by atoms with Crippen LogP contribution in [0.5, 0.6) is 5.75 Å². The number of aromatic nitrogens is 2. The van der Waals surface area contributed by atoms with Crippen LogP contribution in [-0.2, 0) is 18.0 Å². The summed E-state index contributed by atoms with van der Waals surface area (Å²) < 4.78 is 11.1. The van der Waals surface area contributed by atoms with Crippen LogP contribution in [0.1, 0.15) is 52.1 Å². The van der Waals surface area contributed by atoms with Gasteiger partial charge in [0.2, 0.25) is 5.56 Å². The van der Waals surface area contributed by atoms with Gasteiger partial charge in [-0.3, -0.25) is 9.59 Å². The van der Waals surface area contributed by atoms with Gasteiger partial charge in [0, 0.05) is 35.8 Å². The van der Waals surface area contributed by atoms with E-state index in [4.69, 9.17) is 14.5 Å². The molecule has 0 bridgehead atoms. The summed E-state index contributed by atoms with van der Waals surface area (Å²) in [4.78, 5) is 34.9. The molecule has 0 unspecified atom stereocenters. The van der Waals surface area contributed by atoms with Gasteiger partial charge in [0.15, 0.2) is 0 Å². The van der Waals surface area contributed by atoms with E-state index in [-0.39, 0.29) is 11.5 Å². The van der Waals surface area contributed by atoms with Gasteiger partial charge in [-0.05, 0) is 49.5 Å². The number of methoxy groups -OCH3 is 1. The van der Waals surface area contributed by atoms with E-state index < -0.39 is 0 Å². The average Bonchev–Trinajstić information content (AvgIpc) is 3.48. The van der Waals surface area contributed by atoms with E-state index in [9.17, 15) is 9.59 Å². The molecular weight excluding hydrogens is 406 g/mol. The molecule has 7 heteroatoms. The first-order chi connectivity index (χ1) is 15.5. The second kappa shape index (κ2) is 7.91. The van der Waals surface area contributed by atoms with Gasteiger partial charge in [-0.1, -0.05) is 6.08 Å². The van der Waals surface area contributed by atoms with Gasteiger partial charge in [0.25, 0.3) is 5.91 Å². The topological polar surface area (TPSA) is 84.5 Å². The zero-order chi connectivity index (χ0) is 22.4. The quantitative estimate of drug-likeness (QED) is 0.672. The molecule has 0 saturated carbocycles. The molecule has 0 saturated heterocycles. The summed E-state index contributed by atoms with van der Waals surface area (Å²) in [5.74, 6) is 0.371. The lowest BCUT2D eigenvalue weighted by Crippen LogP contribution is -2.28. The van der Waals surface area contributed by atoms with Crippen molar-refractivity contribution in [2.24, 2.45) is 0 Å². The van der Waals surface area contributed by atoms with Gasteiger partial charge in [-0.25, -0.2) is 4.98 Å². The van der Waals surface area contributed by atoms with E-state index in [0.717, 1.165) is 52.7 Å². The molecule has 1 N–H and O–H groups in total. The third-order valence-corrected chi connectivity index (χ3v) is 6.28. The Morgan fingerprint density at radius 3 is 2.81 bits per heavy atom. The molecule has 1 aliphatic carbocycles. The molecule has 3 heterocycles. The Kier molecular flexibility index (Phi) is 5.06. The highest BCUT2D eigenvalue weighted by Gasteiger charge is 2.26. The number of hydrogen-bond donors (Lipinski definition) is 1. The number of ether oxygens (including phenoxy) is 2. The number of amides is 1. The minimum Gasteiger partial charge on any atom is -0.494 e. The van der Waals surface area contributed by atoms with Crippen LogP contribution in [0.2, 0.25) is 0 Å². The summed E-state index contributed by atoms with van der Waals surface area (Å²) in [6.45, 7) is 2.83. The lowest BCUT2D eigenvalue weighted by Gasteiger charge is -2.21. The molecular formula is C25H25N3O4. The number of fused-ring (bicyclic) bond motifs is 2. The minimum absolute atomic E-state index is 0.140. The van der Waals surface area contributed by atoms with Crippen molar-refractivity contribution in [2.45, 2.75) is 39.4 Å². The number of rotatable bonds is 4. The fourth-order valence-electron chi connectivity index (χ4n) is 4.52. The van der Waals surface area contributed by atoms with Crippen molar-refractivity contribution in [1.29, 1.82) is 0 Å². The highest BCUT2D eigenvalue weighted by atomic mass is 16.5. The van der Waals surface area contributed by atoms with E-state index in [0.29, 0.717) is 35.7 Å². The van der Waals surface area contributed by atoms with Crippen LogP contribution >= 0.6 is 0 Å². The smallest absolute Gasteiger partial charge is 0.260 e. The van der Waals surface area contributed by atoms with Gasteiger partial charge in [0.05, 0.1) is 42.8 Å². The van der Waals surface area contributed by atoms with Crippen LogP contribution in [0.15, 0.2) is 35.1 Å². The van der Waals surface area contributed by atoms with E-state index in [2.05, 4.69) is 11.1 Å². The fourth-order valence-corrected chi connectivity index (χ4v) is 4.52. The predicted octanol–water partition coefficient (Wildman–Crippen LogP) is 4.11. The average molecular weight is 431 g/mol. The number of benzene rings is 1. The van der Waals surface area contributed by atoms with Crippen molar-refractivity contribution >= 4 is 28.1 Å². The Morgan fingerprint density at radius 1 is 1.22 bits per heavy atom. The standard InChI is InChI=1S/C25H25N3O4/c1-14-8-22(29)27-24-18(14)10-17(11-21(24)31-3)28(2)25(30)19-9-16-12-32-13-20(16)26-23(19)15-6-4-5-7-15/h6,8-11H,4-5,7,12-13H2,1-3H3,(H,27,29). The first-order valence-corrected chi connectivity index (χ1v) is 10.8. The monoisotopic (exact) mass is 431 g/mol. The van der Waals surface area contributed by atoms with Crippen molar-refractivity contribution in [1.82, 2.24) is 9.97 Å². The molecule has 1 amide bonds. The van der Waals surface area contributed by atoms with Gasteiger partial charge in [0.1, 0.15) is 5.75 Å². The van der Waals surface area contributed by atoms with Crippen LogP contribution in [-0.4, -0.2) is 30.0 Å². The van der Waals surface area contributed by atoms with Gasteiger partial charge in [-0.2, -0.15) is 0 Å². The lowest BCUT2D eigenvalue weighted by atomic mass is 10.0. The number of aryl methyl sites for hydroxylation is 1. The van der Waals surface area contributed by atoms with Crippen LogP contribution < -0.4 is 15.2 Å². The zero-order valence-electron chi connectivity index (χ0n) is 18.4. The number of hydrogen-bond acceptors (Lipinski definition) is 5. The van der Waals surface area contributed by atoms with E-state index in [1.54, 1.807) is 31.2 Å². The van der Waals surface area contributed by atoms with Crippen molar-refractivity contribution in [3.05, 3.63) is 68.8 Å². The van der Waals surface area contributed by atoms with E-state index in [1.165, 1.54) is 0 Å². The Labute approximate surface area is 185 Å². The van der Waals surface area contributed by atoms with E-state index >= 15 is 0 Å². The maximum Gasteiger partial charge on any atom is 0.260 e. The van der Waals surface area contributed by atoms with Crippen molar-refractivity contribution < 1.29 is 14.3 Å². The first-order valence-electron chi connectivity index (χ1n) is 10.8. The number of H-pyrrole nitrogens is 1. The molecule has 2 aliphatic rings. The molecule has 0 atom stereocenters. The number of aromatic amines is 1. The third-order valence-electron chi connectivity index (χ3n) is 6.28. The van der Waals surface area contributed by atoms with Crippen LogP contribution in [0, 0.1) is 6.92 Å². The first kappa shape index (κ1) is 20.5. The normalized spacial score (nSPS) is 15.0. The maximum atomic E-state index is 13.7. The molecule has 32 heavy (non-hydrogen) atoms. The molecule has 1 aliphatic heterocycles. The maximum absolute atomic E-state index is 13.7. The number of allylic oxidation sites excluding steroid dienone is 2. The summed E-state index contributed by atoms with van der Waals surface area (Å²) in [6.07, 6.45) is 5.19. The van der Waals surface area contributed by atoms with Crippen LogP contribution in [0.4, 0.5) is 5.69 Å². The number of carbonyl (C=O) groups is 1. The lowest BCUT2D eigenvalue weighted by molar-refractivity contribution is 0.0992. The summed E-state index contributed by atoms with van der Waals surface area (Å²) in [5.41, 5.74) is 6.28. The molecule has 7 nitrogen and oxygen atoms in total. The van der Waals surface area contributed by atoms with Gasteiger partial charge in [-0.15, -0.1) is 0 Å². The Balaban J connectivity index is 1.61. The highest BCUT2D eigenvalue weighted by Crippen LogP contribution is 2.35. The third kappa shape index (κ3) is 3.39. The number of nitrogens with one attached hydrogen (secondary N) is 1. The van der Waals surface area contributed by atoms with Crippen molar-refractivity contribution in [3.8, 4) is 5.75 Å². The Morgan fingerprint density at radius 2 is 2.06 bits per heavy atom. The van der Waals surface area contributed by atoms with Gasteiger partial charge >= 0.3 is 0 Å². The summed E-state index contributed by atoms with van der Waals surface area (Å²) in [6, 6.07) is 7.15. The van der Waals surface area contributed by atoms with Gasteiger partial charge < -0.3 is 19.4 Å². The molecule has 2 aromatic heterocycles. The second-order valence-electron chi connectivity index (χ2n) is 8.36. The SMILES string of the molecule is COc1cc(N(C)C(=O)c2cc3c(nc2C2=CCCC2)COC3)cc2c(C)cc(=O)[nH]c12. The molecule has 5 rings (SSSR count). The molecule has 3 aromatic rings. The largest absolute Gasteiger partial charge is 0.494 e. The Bertz CT molecular complexity index is 1340. The van der Waals surface area contributed by atoms with Crippen LogP contribution in [0.25, 0.3) is 16.5 Å². The zero-order valence-corrected chi connectivity index (χ0v) is 18.4. The molecule has 164 valence electrons. The summed E-state index contributed by atoms with van der Waals surface area (Å²) in [7, 11) is 3.30. The fraction of sp³-hybridized carbons (Fsp3) is 0.320. The van der Waals surface area contributed by atoms with E-state index in [1.807, 2.05) is 19.1 Å². The highest BCUT2D eigenvalue weighted by molar-refractivity contribution is 6.09. The predicted molar refractivity (Wildman–Crippen MR) is 123 cm³/mol. The number of pyridine rings is 2. The summed E-state index contributed by atoms with van der Waals surface area (Å²) >= 11 is 0. The van der Waals surface area contributed by atoms with Crippen molar-refractivity contribution in [3.63, 3.8) is 0 Å². The molecule has 0 radical (unpaired) electrons. The molecule has 0 fully saturated rings.